The molecule has 11 heteroatoms. The maximum Gasteiger partial charge on any atom is 0.260 e. The minimum atomic E-state index is -0.997. The summed E-state index contributed by atoms with van der Waals surface area (Å²) in [5.41, 5.74) is 15.0. The van der Waals surface area contributed by atoms with Crippen LogP contribution in [0, 0.1) is 13.8 Å². The summed E-state index contributed by atoms with van der Waals surface area (Å²) in [5, 5.41) is 5.28. The van der Waals surface area contributed by atoms with Crippen molar-refractivity contribution in [2.75, 3.05) is 17.7 Å². The van der Waals surface area contributed by atoms with Crippen LogP contribution in [0.5, 0.6) is 5.75 Å². The van der Waals surface area contributed by atoms with Crippen LogP contribution in [-0.2, 0) is 9.59 Å². The van der Waals surface area contributed by atoms with E-state index >= 15 is 0 Å². The van der Waals surface area contributed by atoms with Crippen molar-refractivity contribution >= 4 is 63.2 Å². The molecule has 3 aromatic rings. The van der Waals surface area contributed by atoms with Crippen LogP contribution < -0.4 is 26.8 Å². The molecule has 39 heavy (non-hydrogen) atoms. The highest BCUT2D eigenvalue weighted by Gasteiger charge is 2.39. The fraction of sp³-hybridized carbons (Fsp3) is 0.143. The Morgan fingerprint density at radius 2 is 1.67 bits per heavy atom. The predicted molar refractivity (Wildman–Crippen MR) is 156 cm³/mol. The number of rotatable bonds is 7. The quantitative estimate of drug-likeness (QED) is 0.327. The van der Waals surface area contributed by atoms with Crippen LogP contribution in [0.1, 0.15) is 21.5 Å². The lowest BCUT2D eigenvalue weighted by Gasteiger charge is -2.14. The number of para-hydroxylation sites is 2. The van der Waals surface area contributed by atoms with Gasteiger partial charge in [0.2, 0.25) is 5.91 Å². The molecule has 200 valence electrons. The van der Waals surface area contributed by atoms with Crippen molar-refractivity contribution in [3.05, 3.63) is 93.6 Å². The Morgan fingerprint density at radius 3 is 2.36 bits per heavy atom. The van der Waals surface area contributed by atoms with Gasteiger partial charge in [-0.3, -0.25) is 14.4 Å². The number of primary amides is 1. The Balaban J connectivity index is 1.73. The molecule has 0 fully saturated rings. The van der Waals surface area contributed by atoms with Gasteiger partial charge in [0.05, 0.1) is 35.3 Å². The standard InChI is InChI=1S/C28H26ClN5O4S/c1-14-8-4-6-10-18(14)34-28-22(26(36)33-20-12-15(2)17(29)13-21(20)38-3)23(30)24(39-28)27(37)32-19-11-7-5-9-16(19)25(31)35/h4-13,24H,30H2,1-3H3,(H2,31,35)(H,32,37)(H,33,36). The van der Waals surface area contributed by atoms with Crippen LogP contribution in [0.4, 0.5) is 17.1 Å². The number of methoxy groups -OCH3 is 1. The maximum absolute atomic E-state index is 13.6. The summed E-state index contributed by atoms with van der Waals surface area (Å²) in [5.74, 6) is -1.44. The molecule has 3 aromatic carbocycles. The lowest BCUT2D eigenvalue weighted by Crippen LogP contribution is -2.30. The van der Waals surface area contributed by atoms with Crippen molar-refractivity contribution in [1.82, 2.24) is 0 Å². The first-order valence-corrected chi connectivity index (χ1v) is 13.0. The number of nitrogens with two attached hydrogens (primary N) is 2. The fourth-order valence-electron chi connectivity index (χ4n) is 3.91. The molecule has 9 nitrogen and oxygen atoms in total. The molecule has 6 N–H and O–H groups in total. The highest BCUT2D eigenvalue weighted by atomic mass is 35.5. The van der Waals surface area contributed by atoms with Crippen LogP contribution in [0.3, 0.4) is 0 Å². The van der Waals surface area contributed by atoms with Gasteiger partial charge < -0.3 is 26.8 Å². The van der Waals surface area contributed by atoms with Crippen LogP contribution in [0.2, 0.25) is 5.02 Å². The third-order valence-corrected chi connectivity index (χ3v) is 7.63. The van der Waals surface area contributed by atoms with E-state index in [0.717, 1.165) is 22.9 Å². The Labute approximate surface area is 234 Å². The van der Waals surface area contributed by atoms with E-state index in [4.69, 9.17) is 27.8 Å². The Bertz CT molecular complexity index is 1550. The number of carbonyl (C=O) groups is 3. The van der Waals surface area contributed by atoms with E-state index in [2.05, 4.69) is 15.6 Å². The van der Waals surface area contributed by atoms with Crippen LogP contribution >= 0.6 is 23.4 Å². The number of carbonyl (C=O) groups excluding carboxylic acids is 3. The molecule has 0 saturated heterocycles. The summed E-state index contributed by atoms with van der Waals surface area (Å²) < 4.78 is 5.38. The monoisotopic (exact) mass is 563 g/mol. The van der Waals surface area contributed by atoms with E-state index in [1.165, 1.54) is 13.2 Å². The van der Waals surface area contributed by atoms with Gasteiger partial charge in [-0.05, 0) is 49.2 Å². The number of amides is 3. The first-order valence-electron chi connectivity index (χ1n) is 11.8. The second-order valence-electron chi connectivity index (χ2n) is 8.69. The van der Waals surface area contributed by atoms with Crippen LogP contribution in [-0.4, -0.2) is 35.1 Å². The molecule has 1 aliphatic rings. The first-order chi connectivity index (χ1) is 18.6. The smallest absolute Gasteiger partial charge is 0.260 e. The summed E-state index contributed by atoms with van der Waals surface area (Å²) in [4.78, 5) is 43.5. The molecule has 1 heterocycles. The van der Waals surface area contributed by atoms with Crippen molar-refractivity contribution < 1.29 is 19.1 Å². The highest BCUT2D eigenvalue weighted by Crippen LogP contribution is 2.38. The van der Waals surface area contributed by atoms with E-state index in [1.807, 2.05) is 25.1 Å². The van der Waals surface area contributed by atoms with Gasteiger partial charge in [-0.15, -0.1) is 0 Å². The van der Waals surface area contributed by atoms with Crippen molar-refractivity contribution in [3.63, 3.8) is 0 Å². The second kappa shape index (κ2) is 11.6. The number of hydrogen-bond donors (Lipinski definition) is 4. The van der Waals surface area contributed by atoms with Gasteiger partial charge in [-0.1, -0.05) is 53.7 Å². The van der Waals surface area contributed by atoms with Gasteiger partial charge >= 0.3 is 0 Å². The summed E-state index contributed by atoms with van der Waals surface area (Å²) in [6.45, 7) is 3.68. The molecule has 1 atom stereocenters. The molecule has 0 spiro atoms. The zero-order chi connectivity index (χ0) is 28.3. The third kappa shape index (κ3) is 5.92. The minimum absolute atomic E-state index is 0.0172. The van der Waals surface area contributed by atoms with Crippen molar-refractivity contribution in [3.8, 4) is 5.75 Å². The second-order valence-corrected chi connectivity index (χ2v) is 10.2. The maximum atomic E-state index is 13.6. The van der Waals surface area contributed by atoms with Crippen molar-refractivity contribution in [2.24, 2.45) is 16.5 Å². The number of hydrogen-bond acceptors (Lipinski definition) is 7. The lowest BCUT2D eigenvalue weighted by atomic mass is 10.1. The minimum Gasteiger partial charge on any atom is -0.495 e. The topological polar surface area (TPSA) is 149 Å². The SMILES string of the molecule is COc1cc(Cl)c(C)cc1NC(=O)C1=C(N)C(C(=O)Nc2ccccc2C(N)=O)SC1=Nc1ccccc1C. The highest BCUT2D eigenvalue weighted by molar-refractivity contribution is 8.16. The summed E-state index contributed by atoms with van der Waals surface area (Å²) >= 11 is 7.25. The number of benzene rings is 3. The van der Waals surface area contributed by atoms with Crippen LogP contribution in [0.25, 0.3) is 0 Å². The molecule has 0 radical (unpaired) electrons. The number of anilines is 2. The lowest BCUT2D eigenvalue weighted by molar-refractivity contribution is -0.115. The molecule has 4 rings (SSSR count). The molecule has 0 aromatic heterocycles. The van der Waals surface area contributed by atoms with Gasteiger partial charge in [0, 0.05) is 16.8 Å². The zero-order valence-corrected chi connectivity index (χ0v) is 22.9. The van der Waals surface area contributed by atoms with E-state index in [1.54, 1.807) is 43.3 Å². The number of thioether (sulfide) groups is 1. The fourth-order valence-corrected chi connectivity index (χ4v) is 5.18. The van der Waals surface area contributed by atoms with Gasteiger partial charge in [-0.2, -0.15) is 0 Å². The third-order valence-electron chi connectivity index (χ3n) is 6.00. The van der Waals surface area contributed by atoms with Gasteiger partial charge in [0.25, 0.3) is 11.8 Å². The number of aryl methyl sites for hydroxylation is 2. The van der Waals surface area contributed by atoms with E-state index in [-0.39, 0.29) is 27.6 Å². The molecule has 0 aliphatic carbocycles. The number of ether oxygens (including phenoxy) is 1. The molecular formula is C28H26ClN5O4S. The average Bonchev–Trinajstić information content (AvgIpc) is 3.23. The van der Waals surface area contributed by atoms with Gasteiger partial charge in [0.1, 0.15) is 16.0 Å². The van der Waals surface area contributed by atoms with Crippen molar-refractivity contribution in [2.45, 2.75) is 19.1 Å². The predicted octanol–water partition coefficient (Wildman–Crippen LogP) is 4.70. The number of aliphatic imine (C=N–C) groups is 1. The van der Waals surface area contributed by atoms with E-state index < -0.39 is 23.0 Å². The first kappa shape index (κ1) is 27.7. The van der Waals surface area contributed by atoms with E-state index in [9.17, 15) is 14.4 Å². The number of nitrogens with one attached hydrogen (secondary N) is 2. The van der Waals surface area contributed by atoms with Gasteiger partial charge in [-0.25, -0.2) is 4.99 Å². The molecule has 1 unspecified atom stereocenters. The molecule has 3 amide bonds. The average molecular weight is 564 g/mol. The molecule has 0 saturated carbocycles. The largest absolute Gasteiger partial charge is 0.495 e. The van der Waals surface area contributed by atoms with Gasteiger partial charge in [0.15, 0.2) is 0 Å². The van der Waals surface area contributed by atoms with Crippen LogP contribution in [0.15, 0.2) is 76.9 Å². The zero-order valence-electron chi connectivity index (χ0n) is 21.4. The Kier molecular flexibility index (Phi) is 8.27. The number of nitrogens with zero attached hydrogens (tertiary/aromatic N) is 1. The molecule has 1 aliphatic heterocycles. The van der Waals surface area contributed by atoms with Crippen molar-refractivity contribution in [1.29, 1.82) is 0 Å². The normalized spacial score (nSPS) is 15.8. The molecule has 0 bridgehead atoms. The van der Waals surface area contributed by atoms with E-state index in [0.29, 0.717) is 22.1 Å². The molecular weight excluding hydrogens is 538 g/mol. The summed E-state index contributed by atoms with van der Waals surface area (Å²) in [6.07, 6.45) is 0. The Hall–Kier alpha value is -4.28. The number of halogens is 1. The summed E-state index contributed by atoms with van der Waals surface area (Å²) in [6, 6.07) is 17.0. The summed E-state index contributed by atoms with van der Waals surface area (Å²) in [7, 11) is 1.46. The Morgan fingerprint density at radius 1 is 0.974 bits per heavy atom.